The molecule has 0 radical (unpaired) electrons. The van der Waals surface area contributed by atoms with Gasteiger partial charge in [-0.05, 0) is 36.1 Å². The summed E-state index contributed by atoms with van der Waals surface area (Å²) < 4.78 is 0. The second-order valence-corrected chi connectivity index (χ2v) is 4.86. The molecule has 0 spiro atoms. The molecule has 2 N–H and O–H groups in total. The Balaban J connectivity index is 2.47. The van der Waals surface area contributed by atoms with E-state index in [4.69, 9.17) is 5.11 Å². The van der Waals surface area contributed by atoms with E-state index in [2.05, 4.69) is 26.1 Å². The van der Waals surface area contributed by atoms with Crippen molar-refractivity contribution in [3.63, 3.8) is 0 Å². The number of hydrogen-bond donors (Lipinski definition) is 2. The van der Waals surface area contributed by atoms with Crippen LogP contribution in [0.2, 0.25) is 0 Å². The first-order chi connectivity index (χ1) is 8.00. The van der Waals surface area contributed by atoms with Crippen molar-refractivity contribution in [3.8, 4) is 0 Å². The Kier molecular flexibility index (Phi) is 5.16. The Hall–Kier alpha value is -1.35. The number of carbonyl (C=O) groups is 1. The highest BCUT2D eigenvalue weighted by Crippen LogP contribution is 2.09. The molecule has 0 saturated carbocycles. The maximum atomic E-state index is 10.8. The van der Waals surface area contributed by atoms with E-state index in [1.807, 2.05) is 6.07 Å². The first-order valence-corrected chi connectivity index (χ1v) is 6.03. The molecule has 0 bridgehead atoms. The second-order valence-electron chi connectivity index (χ2n) is 4.86. The standard InChI is InChI=1S/C14H21NO2/c1-10(2)11(3)8-15-9-12-5-4-6-13(7-12)14(16)17/h4-7,10-11,15H,8-9H2,1-3H3,(H,16,17). The largest absolute Gasteiger partial charge is 0.478 e. The molecule has 0 amide bonds. The predicted molar refractivity (Wildman–Crippen MR) is 69.1 cm³/mol. The molecule has 1 aromatic carbocycles. The molecule has 0 fully saturated rings. The van der Waals surface area contributed by atoms with Gasteiger partial charge in [-0.15, -0.1) is 0 Å². The Bertz CT molecular complexity index is 374. The zero-order valence-corrected chi connectivity index (χ0v) is 10.7. The zero-order valence-electron chi connectivity index (χ0n) is 10.7. The summed E-state index contributed by atoms with van der Waals surface area (Å²) in [5.41, 5.74) is 1.36. The van der Waals surface area contributed by atoms with E-state index in [0.29, 0.717) is 17.4 Å². The molecule has 0 heterocycles. The highest BCUT2D eigenvalue weighted by Gasteiger charge is 2.07. The third-order valence-electron chi connectivity index (χ3n) is 3.11. The quantitative estimate of drug-likeness (QED) is 0.797. The molecule has 0 aliphatic carbocycles. The molecule has 3 heteroatoms. The van der Waals surface area contributed by atoms with Crippen LogP contribution in [0.15, 0.2) is 24.3 Å². The van der Waals surface area contributed by atoms with Crippen molar-refractivity contribution in [3.05, 3.63) is 35.4 Å². The second kappa shape index (κ2) is 6.40. The monoisotopic (exact) mass is 235 g/mol. The van der Waals surface area contributed by atoms with Crippen LogP contribution in [-0.4, -0.2) is 17.6 Å². The van der Waals surface area contributed by atoms with Crippen LogP contribution in [0, 0.1) is 11.8 Å². The van der Waals surface area contributed by atoms with Crippen LogP contribution in [-0.2, 0) is 6.54 Å². The lowest BCUT2D eigenvalue weighted by Crippen LogP contribution is -2.23. The Morgan fingerprint density at radius 3 is 2.65 bits per heavy atom. The van der Waals surface area contributed by atoms with Crippen molar-refractivity contribution in [2.24, 2.45) is 11.8 Å². The van der Waals surface area contributed by atoms with Crippen molar-refractivity contribution in [1.82, 2.24) is 5.32 Å². The molecule has 0 aromatic heterocycles. The molecular weight excluding hydrogens is 214 g/mol. The molecule has 1 atom stereocenters. The van der Waals surface area contributed by atoms with Crippen LogP contribution < -0.4 is 5.32 Å². The summed E-state index contributed by atoms with van der Waals surface area (Å²) in [7, 11) is 0. The van der Waals surface area contributed by atoms with Gasteiger partial charge in [-0.1, -0.05) is 32.9 Å². The van der Waals surface area contributed by atoms with Gasteiger partial charge in [-0.3, -0.25) is 0 Å². The van der Waals surface area contributed by atoms with Gasteiger partial charge in [0, 0.05) is 6.54 Å². The number of carboxylic acid groups (broad SMARTS) is 1. The summed E-state index contributed by atoms with van der Waals surface area (Å²) in [5, 5.41) is 12.2. The van der Waals surface area contributed by atoms with E-state index >= 15 is 0 Å². The van der Waals surface area contributed by atoms with Gasteiger partial charge in [0.2, 0.25) is 0 Å². The fraction of sp³-hybridized carbons (Fsp3) is 0.500. The molecular formula is C14H21NO2. The Morgan fingerprint density at radius 1 is 1.35 bits per heavy atom. The van der Waals surface area contributed by atoms with Gasteiger partial charge in [-0.25, -0.2) is 4.79 Å². The molecule has 1 rings (SSSR count). The van der Waals surface area contributed by atoms with Gasteiger partial charge in [0.1, 0.15) is 0 Å². The van der Waals surface area contributed by atoms with Gasteiger partial charge >= 0.3 is 5.97 Å². The number of rotatable bonds is 6. The summed E-state index contributed by atoms with van der Waals surface area (Å²) in [6.07, 6.45) is 0. The average Bonchev–Trinajstić information content (AvgIpc) is 2.29. The van der Waals surface area contributed by atoms with Crippen LogP contribution in [0.4, 0.5) is 0 Å². The molecule has 0 saturated heterocycles. The summed E-state index contributed by atoms with van der Waals surface area (Å²) in [5.74, 6) is 0.410. The summed E-state index contributed by atoms with van der Waals surface area (Å²) in [6.45, 7) is 8.30. The summed E-state index contributed by atoms with van der Waals surface area (Å²) in [6, 6.07) is 7.06. The van der Waals surface area contributed by atoms with E-state index < -0.39 is 5.97 Å². The number of aromatic carboxylic acids is 1. The molecule has 0 aliphatic rings. The lowest BCUT2D eigenvalue weighted by Gasteiger charge is -2.16. The topological polar surface area (TPSA) is 49.3 Å². The van der Waals surface area contributed by atoms with Crippen molar-refractivity contribution >= 4 is 5.97 Å². The Morgan fingerprint density at radius 2 is 2.06 bits per heavy atom. The first-order valence-electron chi connectivity index (χ1n) is 6.03. The van der Waals surface area contributed by atoms with Gasteiger partial charge in [0.05, 0.1) is 5.56 Å². The van der Waals surface area contributed by atoms with Crippen LogP contribution >= 0.6 is 0 Å². The van der Waals surface area contributed by atoms with Crippen LogP contribution in [0.3, 0.4) is 0 Å². The third-order valence-corrected chi connectivity index (χ3v) is 3.11. The number of carboxylic acids is 1. The number of nitrogens with one attached hydrogen (secondary N) is 1. The number of hydrogen-bond acceptors (Lipinski definition) is 2. The molecule has 94 valence electrons. The lowest BCUT2D eigenvalue weighted by atomic mass is 9.98. The SMILES string of the molecule is CC(C)C(C)CNCc1cccc(C(=O)O)c1. The van der Waals surface area contributed by atoms with E-state index in [0.717, 1.165) is 18.7 Å². The normalized spacial score (nSPS) is 12.7. The van der Waals surface area contributed by atoms with Crippen LogP contribution in [0.5, 0.6) is 0 Å². The van der Waals surface area contributed by atoms with Gasteiger partial charge < -0.3 is 10.4 Å². The fourth-order valence-corrected chi connectivity index (χ4v) is 1.49. The molecule has 3 nitrogen and oxygen atoms in total. The zero-order chi connectivity index (χ0) is 12.8. The minimum absolute atomic E-state index is 0.348. The van der Waals surface area contributed by atoms with Gasteiger partial charge in [0.15, 0.2) is 0 Å². The molecule has 17 heavy (non-hydrogen) atoms. The maximum Gasteiger partial charge on any atom is 0.335 e. The molecule has 1 unspecified atom stereocenters. The van der Waals surface area contributed by atoms with Crippen molar-refractivity contribution in [2.45, 2.75) is 27.3 Å². The first kappa shape index (κ1) is 13.7. The predicted octanol–water partition coefficient (Wildman–Crippen LogP) is 2.77. The van der Waals surface area contributed by atoms with Crippen LogP contribution in [0.1, 0.15) is 36.7 Å². The summed E-state index contributed by atoms with van der Waals surface area (Å²) >= 11 is 0. The van der Waals surface area contributed by atoms with E-state index in [1.165, 1.54) is 0 Å². The van der Waals surface area contributed by atoms with Crippen molar-refractivity contribution in [2.75, 3.05) is 6.54 Å². The smallest absolute Gasteiger partial charge is 0.335 e. The minimum atomic E-state index is -0.873. The van der Waals surface area contributed by atoms with Crippen molar-refractivity contribution < 1.29 is 9.90 Å². The van der Waals surface area contributed by atoms with E-state index in [-0.39, 0.29) is 0 Å². The van der Waals surface area contributed by atoms with Crippen molar-refractivity contribution in [1.29, 1.82) is 0 Å². The fourth-order valence-electron chi connectivity index (χ4n) is 1.49. The lowest BCUT2D eigenvalue weighted by molar-refractivity contribution is 0.0696. The van der Waals surface area contributed by atoms with Crippen LogP contribution in [0.25, 0.3) is 0 Å². The minimum Gasteiger partial charge on any atom is -0.478 e. The highest BCUT2D eigenvalue weighted by molar-refractivity contribution is 5.87. The van der Waals surface area contributed by atoms with Gasteiger partial charge in [-0.2, -0.15) is 0 Å². The average molecular weight is 235 g/mol. The van der Waals surface area contributed by atoms with E-state index in [1.54, 1.807) is 18.2 Å². The summed E-state index contributed by atoms with van der Waals surface area (Å²) in [4.78, 5) is 10.8. The maximum absolute atomic E-state index is 10.8. The Labute approximate surface area is 103 Å². The third kappa shape index (κ3) is 4.57. The molecule has 0 aliphatic heterocycles. The highest BCUT2D eigenvalue weighted by atomic mass is 16.4. The number of benzene rings is 1. The molecule has 1 aromatic rings. The van der Waals surface area contributed by atoms with E-state index in [9.17, 15) is 4.79 Å². The van der Waals surface area contributed by atoms with Gasteiger partial charge in [0.25, 0.3) is 0 Å².